The molecule has 1 saturated heterocycles. The van der Waals surface area contributed by atoms with Gasteiger partial charge in [0.15, 0.2) is 0 Å². The Bertz CT molecular complexity index is 530. The minimum atomic E-state index is -0.442. The van der Waals surface area contributed by atoms with E-state index >= 15 is 0 Å². The average molecular weight is 309 g/mol. The number of nitrogens with one attached hydrogen (secondary N) is 2. The Labute approximate surface area is 127 Å². The van der Waals surface area contributed by atoms with Crippen molar-refractivity contribution in [2.75, 3.05) is 23.4 Å². The number of amides is 1. The molecule has 0 radical (unpaired) electrons. The molecule has 0 aromatic heterocycles. The maximum absolute atomic E-state index is 11.8. The van der Waals surface area contributed by atoms with Crippen LogP contribution in [0.15, 0.2) is 18.2 Å². The summed E-state index contributed by atoms with van der Waals surface area (Å²) >= 11 is 1.90. The summed E-state index contributed by atoms with van der Waals surface area (Å²) in [4.78, 5) is 22.5. The van der Waals surface area contributed by atoms with E-state index in [-0.39, 0.29) is 17.6 Å². The normalized spacial score (nSPS) is 15.5. The van der Waals surface area contributed by atoms with Crippen LogP contribution in [0.2, 0.25) is 0 Å². The molecule has 7 heteroatoms. The van der Waals surface area contributed by atoms with E-state index in [0.717, 1.165) is 24.3 Å². The Morgan fingerprint density at radius 2 is 2.14 bits per heavy atom. The molecule has 1 fully saturated rings. The third kappa shape index (κ3) is 4.10. The topological polar surface area (TPSA) is 84.3 Å². The third-order valence-electron chi connectivity index (χ3n) is 3.37. The standard InChI is InChI=1S/C14H19N3O3S/c1-2-15-14(18)10-3-4-12(13(9-10)17(19)20)16-11-5-7-21-8-6-11/h3-4,9,11,16H,2,5-8H2,1H3,(H,15,18). The minimum Gasteiger partial charge on any atom is -0.377 e. The lowest BCUT2D eigenvalue weighted by Crippen LogP contribution is -2.25. The van der Waals surface area contributed by atoms with Gasteiger partial charge in [0.2, 0.25) is 0 Å². The number of nitrogens with zero attached hydrogens (tertiary/aromatic N) is 1. The van der Waals surface area contributed by atoms with E-state index in [1.165, 1.54) is 6.07 Å². The molecule has 6 nitrogen and oxygen atoms in total. The maximum Gasteiger partial charge on any atom is 0.293 e. The Morgan fingerprint density at radius 1 is 1.43 bits per heavy atom. The first-order valence-corrected chi connectivity index (χ1v) is 8.18. The molecule has 0 unspecified atom stereocenters. The lowest BCUT2D eigenvalue weighted by Gasteiger charge is -2.23. The largest absolute Gasteiger partial charge is 0.377 e. The van der Waals surface area contributed by atoms with Gasteiger partial charge >= 0.3 is 0 Å². The smallest absolute Gasteiger partial charge is 0.293 e. The van der Waals surface area contributed by atoms with Crippen molar-refractivity contribution in [3.63, 3.8) is 0 Å². The van der Waals surface area contributed by atoms with Crippen LogP contribution in [0.25, 0.3) is 0 Å². The molecule has 0 atom stereocenters. The van der Waals surface area contributed by atoms with Gasteiger partial charge in [0.05, 0.1) is 4.92 Å². The van der Waals surface area contributed by atoms with Crippen LogP contribution in [-0.2, 0) is 0 Å². The van der Waals surface area contributed by atoms with Crippen molar-refractivity contribution in [2.24, 2.45) is 0 Å². The van der Waals surface area contributed by atoms with Gasteiger partial charge in [0, 0.05) is 24.2 Å². The molecule has 0 aliphatic carbocycles. The average Bonchev–Trinajstić information content (AvgIpc) is 2.48. The van der Waals surface area contributed by atoms with Crippen molar-refractivity contribution in [1.82, 2.24) is 5.32 Å². The highest BCUT2D eigenvalue weighted by molar-refractivity contribution is 7.99. The van der Waals surface area contributed by atoms with Gasteiger partial charge < -0.3 is 10.6 Å². The Kier molecular flexibility index (Phi) is 5.44. The molecule has 1 aliphatic heterocycles. The molecule has 2 N–H and O–H groups in total. The summed E-state index contributed by atoms with van der Waals surface area (Å²) in [6, 6.07) is 4.85. The third-order valence-corrected chi connectivity index (χ3v) is 4.42. The van der Waals surface area contributed by atoms with Crippen molar-refractivity contribution in [2.45, 2.75) is 25.8 Å². The number of thioether (sulfide) groups is 1. The second kappa shape index (κ2) is 7.31. The monoisotopic (exact) mass is 309 g/mol. The highest BCUT2D eigenvalue weighted by Gasteiger charge is 2.21. The lowest BCUT2D eigenvalue weighted by atomic mass is 10.1. The van der Waals surface area contributed by atoms with Crippen LogP contribution in [-0.4, -0.2) is 34.9 Å². The molecule has 1 aromatic carbocycles. The van der Waals surface area contributed by atoms with Crippen LogP contribution >= 0.6 is 11.8 Å². The van der Waals surface area contributed by atoms with E-state index in [1.807, 2.05) is 18.7 Å². The molecular weight excluding hydrogens is 290 g/mol. The Morgan fingerprint density at radius 3 is 2.76 bits per heavy atom. The van der Waals surface area contributed by atoms with Crippen molar-refractivity contribution in [3.8, 4) is 0 Å². The van der Waals surface area contributed by atoms with Crippen LogP contribution in [0, 0.1) is 10.1 Å². The zero-order valence-corrected chi connectivity index (χ0v) is 12.7. The number of rotatable bonds is 5. The molecule has 1 aromatic rings. The predicted molar refractivity (Wildman–Crippen MR) is 85.1 cm³/mol. The molecule has 1 aliphatic rings. The first-order valence-electron chi connectivity index (χ1n) is 7.02. The van der Waals surface area contributed by atoms with Crippen LogP contribution in [0.4, 0.5) is 11.4 Å². The lowest BCUT2D eigenvalue weighted by molar-refractivity contribution is -0.384. The van der Waals surface area contributed by atoms with E-state index in [4.69, 9.17) is 0 Å². The molecular formula is C14H19N3O3S. The van der Waals surface area contributed by atoms with Crippen LogP contribution in [0.1, 0.15) is 30.1 Å². The van der Waals surface area contributed by atoms with E-state index < -0.39 is 4.92 Å². The summed E-state index contributed by atoms with van der Waals surface area (Å²) in [7, 11) is 0. The molecule has 2 rings (SSSR count). The number of nitro benzene ring substituents is 1. The summed E-state index contributed by atoms with van der Waals surface area (Å²) < 4.78 is 0. The van der Waals surface area contributed by atoms with Crippen molar-refractivity contribution in [1.29, 1.82) is 0 Å². The number of carbonyl (C=O) groups is 1. The minimum absolute atomic E-state index is 0.0445. The molecule has 114 valence electrons. The summed E-state index contributed by atoms with van der Waals surface area (Å²) in [6.45, 7) is 2.30. The van der Waals surface area contributed by atoms with Crippen molar-refractivity contribution < 1.29 is 9.72 Å². The second-order valence-corrected chi connectivity index (χ2v) is 6.10. The summed E-state index contributed by atoms with van der Waals surface area (Å²) in [5, 5.41) is 17.1. The molecule has 1 amide bonds. The predicted octanol–water partition coefficient (Wildman–Crippen LogP) is 2.65. The molecule has 0 saturated carbocycles. The van der Waals surface area contributed by atoms with Gasteiger partial charge in [-0.2, -0.15) is 11.8 Å². The van der Waals surface area contributed by atoms with Gasteiger partial charge in [-0.3, -0.25) is 14.9 Å². The highest BCUT2D eigenvalue weighted by Crippen LogP contribution is 2.29. The van der Waals surface area contributed by atoms with E-state index in [1.54, 1.807) is 12.1 Å². The van der Waals surface area contributed by atoms with Crippen molar-refractivity contribution in [3.05, 3.63) is 33.9 Å². The number of anilines is 1. The highest BCUT2D eigenvalue weighted by atomic mass is 32.2. The molecule has 0 spiro atoms. The number of carbonyl (C=O) groups excluding carboxylic acids is 1. The van der Waals surface area contributed by atoms with Gasteiger partial charge in [0.1, 0.15) is 5.69 Å². The Balaban J connectivity index is 2.20. The van der Waals surface area contributed by atoms with E-state index in [2.05, 4.69) is 10.6 Å². The van der Waals surface area contributed by atoms with Gasteiger partial charge in [-0.05, 0) is 43.4 Å². The first-order chi connectivity index (χ1) is 10.1. The van der Waals surface area contributed by atoms with Gasteiger partial charge in [0.25, 0.3) is 11.6 Å². The van der Waals surface area contributed by atoms with Crippen LogP contribution in [0.5, 0.6) is 0 Å². The summed E-state index contributed by atoms with van der Waals surface area (Å²) in [5.41, 5.74) is 0.759. The van der Waals surface area contributed by atoms with E-state index in [9.17, 15) is 14.9 Å². The fourth-order valence-electron chi connectivity index (χ4n) is 2.27. The summed E-state index contributed by atoms with van der Waals surface area (Å²) in [5.74, 6) is 1.85. The van der Waals surface area contributed by atoms with Gasteiger partial charge in [-0.15, -0.1) is 0 Å². The molecule has 1 heterocycles. The molecule has 0 bridgehead atoms. The van der Waals surface area contributed by atoms with Crippen LogP contribution < -0.4 is 10.6 Å². The van der Waals surface area contributed by atoms with Crippen molar-refractivity contribution >= 4 is 29.0 Å². The Hall–Kier alpha value is -1.76. The maximum atomic E-state index is 11.8. The SMILES string of the molecule is CCNC(=O)c1ccc(NC2CCSCC2)c([N+](=O)[O-])c1. The quantitative estimate of drug-likeness (QED) is 0.645. The van der Waals surface area contributed by atoms with Gasteiger partial charge in [-0.25, -0.2) is 0 Å². The van der Waals surface area contributed by atoms with Gasteiger partial charge in [-0.1, -0.05) is 0 Å². The fourth-order valence-corrected chi connectivity index (χ4v) is 3.38. The van der Waals surface area contributed by atoms with Crippen LogP contribution in [0.3, 0.4) is 0 Å². The number of benzene rings is 1. The zero-order valence-electron chi connectivity index (χ0n) is 11.9. The van der Waals surface area contributed by atoms with E-state index in [0.29, 0.717) is 17.8 Å². The molecule has 21 heavy (non-hydrogen) atoms. The number of nitro groups is 1. The first kappa shape index (κ1) is 15.6. The summed E-state index contributed by atoms with van der Waals surface area (Å²) in [6.07, 6.45) is 2.00. The fraction of sp³-hybridized carbons (Fsp3) is 0.500. The second-order valence-electron chi connectivity index (χ2n) is 4.88. The number of hydrogen-bond acceptors (Lipinski definition) is 5. The number of hydrogen-bond donors (Lipinski definition) is 2. The zero-order chi connectivity index (χ0) is 15.2.